The Balaban J connectivity index is 1.41. The van der Waals surface area contributed by atoms with Gasteiger partial charge in [-0.15, -0.1) is 0 Å². The molecule has 1 fully saturated rings. The lowest BCUT2D eigenvalue weighted by atomic mass is 9.80. The Morgan fingerprint density at radius 2 is 1.68 bits per heavy atom. The second-order valence-electron chi connectivity index (χ2n) is 14.5. The normalized spacial score (nSPS) is 17.2. The Morgan fingerprint density at radius 3 is 2.27 bits per heavy atom. The van der Waals surface area contributed by atoms with Crippen molar-refractivity contribution >= 4 is 37.6 Å². The quantitative estimate of drug-likeness (QED) is 0.0284. The summed E-state index contributed by atoms with van der Waals surface area (Å²) in [6.45, 7) is 1.56. The molecular weight excluding hydrogens is 844 g/mol. The van der Waals surface area contributed by atoms with E-state index in [0.29, 0.717) is 11.5 Å². The van der Waals surface area contributed by atoms with Gasteiger partial charge in [-0.2, -0.15) is 28.5 Å². The molecule has 2 aromatic heterocycles. The number of rotatable bonds is 20. The highest BCUT2D eigenvalue weighted by Gasteiger charge is 2.44. The maximum atomic E-state index is 13.7. The monoisotopic (exact) mass is 892 g/mol. The zero-order valence-electron chi connectivity index (χ0n) is 35.3. The van der Waals surface area contributed by atoms with Crippen molar-refractivity contribution in [2.45, 2.75) is 55.9 Å². The zero-order valence-corrected chi connectivity index (χ0v) is 36.2. The number of aryl methyl sites for hydroxylation is 1. The first-order valence-corrected chi connectivity index (χ1v) is 21.5. The number of alkyl halides is 3. The van der Waals surface area contributed by atoms with E-state index in [9.17, 15) is 22.8 Å². The predicted molar refractivity (Wildman–Crippen MR) is 228 cm³/mol. The molecule has 3 aromatic carbocycles. The van der Waals surface area contributed by atoms with Gasteiger partial charge in [-0.1, -0.05) is 54.6 Å². The first-order valence-electron chi connectivity index (χ1n) is 19.9. The Kier molecular flexibility index (Phi) is 15.5. The minimum absolute atomic E-state index is 0.0161. The molecule has 2 unspecified atom stereocenters. The van der Waals surface area contributed by atoms with Crippen molar-refractivity contribution in [1.82, 2.24) is 30.0 Å². The van der Waals surface area contributed by atoms with Crippen LogP contribution in [0.4, 0.5) is 19.1 Å². The third kappa shape index (κ3) is 11.2. The van der Waals surface area contributed by atoms with Crippen LogP contribution in [0.2, 0.25) is 0 Å². The van der Waals surface area contributed by atoms with Crippen molar-refractivity contribution < 1.29 is 46.0 Å². The van der Waals surface area contributed by atoms with Crippen molar-refractivity contribution in [2.24, 2.45) is 4.99 Å². The van der Waals surface area contributed by atoms with E-state index in [1.54, 1.807) is 39.9 Å². The molecule has 20 heteroatoms. The van der Waals surface area contributed by atoms with Crippen LogP contribution in [-0.4, -0.2) is 110 Å². The molecule has 1 saturated heterocycles. The van der Waals surface area contributed by atoms with E-state index in [0.717, 1.165) is 16.7 Å². The van der Waals surface area contributed by atoms with Crippen LogP contribution < -0.4 is 20.3 Å². The fraction of sp³-hybridized carbons (Fsp3) is 0.395. The van der Waals surface area contributed by atoms with Gasteiger partial charge in [0.05, 0.1) is 58.1 Å². The SMILES string of the molecule is COc1ccc(C(OC[C@H]2O[C@@H](n3nc(CCCNC(=O)C(F)(F)F)c4c(=O)[nH]c(/N=C/N(C)C)nc43)CC2OP(C)OCCC#N)(c2ccccc2)c2ccc(OC)cc2)cc1. The van der Waals surface area contributed by atoms with Crippen molar-refractivity contribution in [3.05, 3.63) is 112 Å². The highest BCUT2D eigenvalue weighted by Crippen LogP contribution is 2.46. The lowest BCUT2D eigenvalue weighted by Gasteiger charge is -2.37. The molecule has 0 radical (unpaired) electrons. The zero-order chi connectivity index (χ0) is 45.1. The third-order valence-electron chi connectivity index (χ3n) is 10.0. The molecule has 1 aliphatic heterocycles. The summed E-state index contributed by atoms with van der Waals surface area (Å²) in [5.41, 5.74) is 0.931. The molecule has 6 rings (SSSR count). The number of hydrogen-bond acceptors (Lipinski definition) is 12. The van der Waals surface area contributed by atoms with E-state index in [1.807, 2.05) is 84.2 Å². The molecule has 5 aromatic rings. The molecule has 0 bridgehead atoms. The van der Waals surface area contributed by atoms with Gasteiger partial charge >= 0.3 is 12.1 Å². The lowest BCUT2D eigenvalue weighted by molar-refractivity contribution is -0.173. The van der Waals surface area contributed by atoms with E-state index in [-0.39, 0.29) is 68.1 Å². The smallest absolute Gasteiger partial charge is 0.471 e. The summed E-state index contributed by atoms with van der Waals surface area (Å²) in [5.74, 6) is -0.786. The lowest BCUT2D eigenvalue weighted by Crippen LogP contribution is -2.38. The number of aromatic amines is 1. The van der Waals surface area contributed by atoms with Crippen LogP contribution in [0.25, 0.3) is 11.0 Å². The molecule has 3 heterocycles. The number of nitrogens with zero attached hydrogens (tertiary/aromatic N) is 6. The van der Waals surface area contributed by atoms with Crippen LogP contribution in [0.5, 0.6) is 11.5 Å². The number of aliphatic imine (C=N–C) groups is 1. The number of fused-ring (bicyclic) bond motifs is 1. The Morgan fingerprint density at radius 1 is 1.05 bits per heavy atom. The number of nitriles is 1. The average molecular weight is 893 g/mol. The van der Waals surface area contributed by atoms with Gasteiger partial charge in [-0.25, -0.2) is 9.67 Å². The summed E-state index contributed by atoms with van der Waals surface area (Å²) in [7, 11) is 5.15. The number of methoxy groups -OCH3 is 2. The van der Waals surface area contributed by atoms with E-state index >= 15 is 0 Å². The summed E-state index contributed by atoms with van der Waals surface area (Å²) in [6.07, 6.45) is -5.57. The van der Waals surface area contributed by atoms with Crippen molar-refractivity contribution in [3.8, 4) is 17.6 Å². The molecule has 0 saturated carbocycles. The Hall–Kier alpha value is -5.90. The van der Waals surface area contributed by atoms with E-state index < -0.39 is 50.1 Å². The second-order valence-corrected chi connectivity index (χ2v) is 15.9. The summed E-state index contributed by atoms with van der Waals surface area (Å²) >= 11 is 0. The van der Waals surface area contributed by atoms with Gasteiger partial charge in [0.15, 0.2) is 20.3 Å². The fourth-order valence-corrected chi connectivity index (χ4v) is 8.11. The van der Waals surface area contributed by atoms with Gasteiger partial charge in [-0.05, 0) is 53.8 Å². The number of aromatic nitrogens is 4. The van der Waals surface area contributed by atoms with Crippen LogP contribution in [-0.2, 0) is 35.3 Å². The van der Waals surface area contributed by atoms with Crippen molar-refractivity contribution in [2.75, 3.05) is 54.7 Å². The number of amides is 1. The molecule has 4 atom stereocenters. The maximum absolute atomic E-state index is 13.7. The number of halogens is 3. The molecular formula is C43H48F3N8O8P. The molecule has 0 aliphatic carbocycles. The summed E-state index contributed by atoms with van der Waals surface area (Å²) in [5, 5.41) is 15.8. The van der Waals surface area contributed by atoms with Gasteiger partial charge in [0.2, 0.25) is 5.95 Å². The number of hydrogen-bond donors (Lipinski definition) is 2. The van der Waals surface area contributed by atoms with Gasteiger partial charge in [-0.3, -0.25) is 14.6 Å². The number of carbonyl (C=O) groups excluding carboxylic acids is 1. The largest absolute Gasteiger partial charge is 0.497 e. The maximum Gasteiger partial charge on any atom is 0.471 e. The van der Waals surface area contributed by atoms with Gasteiger partial charge in [0, 0.05) is 33.7 Å². The molecule has 0 spiro atoms. The second kappa shape index (κ2) is 21.0. The number of benzene rings is 3. The van der Waals surface area contributed by atoms with Crippen molar-refractivity contribution in [1.29, 1.82) is 5.26 Å². The van der Waals surface area contributed by atoms with E-state index in [2.05, 4.69) is 21.0 Å². The van der Waals surface area contributed by atoms with Crippen LogP contribution in [0.3, 0.4) is 0 Å². The standard InChI is InChI=1S/C43H48F3N8O8P/c1-53(2)27-49-41-50-38-37(39(55)51-41)33(13-9-23-48-40(56)43(44,45)46)52-54(38)36-25-34(62-63(5)60-24-10-22-47)35(61-36)26-59-42(28-11-7-6-8-12-28,29-14-18-31(57-3)19-15-29)30-16-20-32(58-4)21-17-30/h6-8,11-12,14-21,27,34-36H,9-10,13,23-26H2,1-5H3,(H,48,56)(H,50,51,55)/b49-27+/t34?,35-,36-,63?/m1/s1. The van der Waals surface area contributed by atoms with E-state index in [4.69, 9.17) is 38.4 Å². The van der Waals surface area contributed by atoms with E-state index in [1.165, 1.54) is 11.0 Å². The van der Waals surface area contributed by atoms with Gasteiger partial charge < -0.3 is 38.2 Å². The highest BCUT2D eigenvalue weighted by molar-refractivity contribution is 7.46. The molecule has 334 valence electrons. The summed E-state index contributed by atoms with van der Waals surface area (Å²) in [4.78, 5) is 38.4. The molecule has 2 N–H and O–H groups in total. The molecule has 1 amide bonds. The van der Waals surface area contributed by atoms with Gasteiger partial charge in [0.1, 0.15) is 28.6 Å². The summed E-state index contributed by atoms with van der Waals surface area (Å²) < 4.78 is 77.5. The number of ether oxygens (including phenoxy) is 4. The van der Waals surface area contributed by atoms with Crippen LogP contribution in [0.1, 0.15) is 47.9 Å². The number of carbonyl (C=O) groups is 1. The topological polar surface area (TPSA) is 187 Å². The number of nitrogens with one attached hydrogen (secondary N) is 2. The van der Waals surface area contributed by atoms with Crippen molar-refractivity contribution in [3.63, 3.8) is 0 Å². The molecule has 1 aliphatic rings. The molecule has 63 heavy (non-hydrogen) atoms. The van der Waals surface area contributed by atoms with Crippen LogP contribution >= 0.6 is 8.38 Å². The Labute approximate surface area is 362 Å². The molecule has 16 nitrogen and oxygen atoms in total. The average Bonchev–Trinajstić information content (AvgIpc) is 3.85. The first-order chi connectivity index (χ1) is 30.3. The third-order valence-corrected chi connectivity index (χ3v) is 11.1. The first kappa shape index (κ1) is 46.6. The minimum atomic E-state index is -5.04. The highest BCUT2D eigenvalue weighted by atomic mass is 31.2. The minimum Gasteiger partial charge on any atom is -0.497 e. The summed E-state index contributed by atoms with van der Waals surface area (Å²) in [6, 6.07) is 26.9. The number of H-pyrrole nitrogens is 1. The van der Waals surface area contributed by atoms with Crippen LogP contribution in [0, 0.1) is 11.3 Å². The fourth-order valence-electron chi connectivity index (χ4n) is 7.10. The predicted octanol–water partition coefficient (Wildman–Crippen LogP) is 6.52. The van der Waals surface area contributed by atoms with Gasteiger partial charge in [0.25, 0.3) is 5.56 Å². The van der Waals surface area contributed by atoms with Crippen LogP contribution in [0.15, 0.2) is 88.6 Å². The Bertz CT molecular complexity index is 2380.